The molecule has 0 saturated carbocycles. The van der Waals surface area contributed by atoms with Crippen molar-refractivity contribution in [1.29, 1.82) is 0 Å². The Balaban J connectivity index is 2.65. The zero-order valence-corrected chi connectivity index (χ0v) is 11.8. The van der Waals surface area contributed by atoms with Crippen LogP contribution in [0.3, 0.4) is 0 Å². The third-order valence-corrected chi connectivity index (χ3v) is 3.27. The van der Waals surface area contributed by atoms with Crippen molar-refractivity contribution in [3.63, 3.8) is 0 Å². The standard InChI is InChI=1S/C12H18N2O3S/c1-9-5-7-11(8-6-9)18(15)14-13-10(2)12(16-3)17-4/h5-8,12,14H,1-4H3/b13-10-. The number of benzene rings is 1. The van der Waals surface area contributed by atoms with Gasteiger partial charge in [0.2, 0.25) is 0 Å². The minimum atomic E-state index is -1.38. The molecule has 5 nitrogen and oxygen atoms in total. The van der Waals surface area contributed by atoms with E-state index in [1.54, 1.807) is 19.1 Å². The maximum atomic E-state index is 11.9. The number of ether oxygens (including phenoxy) is 2. The van der Waals surface area contributed by atoms with E-state index in [-0.39, 0.29) is 0 Å². The summed E-state index contributed by atoms with van der Waals surface area (Å²) in [5.41, 5.74) is 1.69. The number of rotatable bonds is 6. The van der Waals surface area contributed by atoms with Crippen LogP contribution in [0, 0.1) is 6.92 Å². The number of methoxy groups -OCH3 is 2. The first-order valence-electron chi connectivity index (χ1n) is 5.42. The molecule has 0 aliphatic carbocycles. The van der Waals surface area contributed by atoms with Crippen LogP contribution in [-0.4, -0.2) is 30.4 Å². The summed E-state index contributed by atoms with van der Waals surface area (Å²) in [5.74, 6) is 0. The van der Waals surface area contributed by atoms with Crippen LogP contribution in [0.15, 0.2) is 34.3 Å². The van der Waals surface area contributed by atoms with Gasteiger partial charge in [0.05, 0.1) is 10.6 Å². The van der Waals surface area contributed by atoms with Crippen molar-refractivity contribution in [3.8, 4) is 0 Å². The van der Waals surface area contributed by atoms with Crippen LogP contribution in [0.1, 0.15) is 12.5 Å². The fourth-order valence-corrected chi connectivity index (χ4v) is 2.03. The average molecular weight is 270 g/mol. The summed E-state index contributed by atoms with van der Waals surface area (Å²) in [6, 6.07) is 7.40. The molecular weight excluding hydrogens is 252 g/mol. The highest BCUT2D eigenvalue weighted by Crippen LogP contribution is 2.06. The van der Waals surface area contributed by atoms with E-state index in [4.69, 9.17) is 9.47 Å². The molecule has 1 aromatic rings. The Hall–Kier alpha value is -1.24. The van der Waals surface area contributed by atoms with Gasteiger partial charge in [0, 0.05) is 14.2 Å². The molecule has 18 heavy (non-hydrogen) atoms. The average Bonchev–Trinajstić information content (AvgIpc) is 2.38. The van der Waals surface area contributed by atoms with E-state index >= 15 is 0 Å². The summed E-state index contributed by atoms with van der Waals surface area (Å²) < 4.78 is 21.9. The van der Waals surface area contributed by atoms with Gasteiger partial charge >= 0.3 is 0 Å². The summed E-state index contributed by atoms with van der Waals surface area (Å²) in [6.45, 7) is 3.71. The normalized spacial score (nSPS) is 13.7. The van der Waals surface area contributed by atoms with Crippen LogP contribution < -0.4 is 4.83 Å². The lowest BCUT2D eigenvalue weighted by atomic mass is 10.2. The van der Waals surface area contributed by atoms with Crippen LogP contribution in [0.25, 0.3) is 0 Å². The zero-order chi connectivity index (χ0) is 13.5. The second-order valence-corrected chi connectivity index (χ2v) is 4.92. The molecule has 1 aromatic carbocycles. The second kappa shape index (κ2) is 7.25. The molecule has 0 aromatic heterocycles. The van der Waals surface area contributed by atoms with Crippen molar-refractivity contribution in [2.75, 3.05) is 14.2 Å². The Bertz CT molecular complexity index is 427. The molecule has 0 amide bonds. The van der Waals surface area contributed by atoms with Crippen molar-refractivity contribution in [2.24, 2.45) is 5.10 Å². The molecule has 0 bridgehead atoms. The van der Waals surface area contributed by atoms with Gasteiger partial charge in [0.1, 0.15) is 0 Å². The molecule has 1 rings (SSSR count). The molecule has 1 N–H and O–H groups in total. The summed E-state index contributed by atoms with van der Waals surface area (Å²) in [6.07, 6.45) is -0.535. The molecule has 0 heterocycles. The second-order valence-electron chi connectivity index (χ2n) is 3.73. The molecule has 0 radical (unpaired) electrons. The first-order valence-corrected chi connectivity index (χ1v) is 6.57. The van der Waals surface area contributed by atoms with E-state index < -0.39 is 17.3 Å². The fourth-order valence-electron chi connectivity index (χ4n) is 1.32. The maximum Gasteiger partial charge on any atom is 0.198 e. The number of hydrazone groups is 1. The van der Waals surface area contributed by atoms with E-state index in [0.717, 1.165) is 5.56 Å². The van der Waals surface area contributed by atoms with E-state index in [9.17, 15) is 4.21 Å². The Labute approximate surface area is 110 Å². The van der Waals surface area contributed by atoms with Gasteiger partial charge in [-0.25, -0.2) is 9.04 Å². The fraction of sp³-hybridized carbons (Fsp3) is 0.417. The largest absolute Gasteiger partial charge is 0.351 e. The topological polar surface area (TPSA) is 59.9 Å². The number of nitrogens with one attached hydrogen (secondary N) is 1. The highest BCUT2D eigenvalue weighted by atomic mass is 32.2. The predicted molar refractivity (Wildman–Crippen MR) is 71.6 cm³/mol. The highest BCUT2D eigenvalue weighted by Gasteiger charge is 2.09. The zero-order valence-electron chi connectivity index (χ0n) is 11.0. The molecular formula is C12H18N2O3S. The minimum absolute atomic E-state index is 0.535. The van der Waals surface area contributed by atoms with Gasteiger partial charge in [-0.15, -0.1) is 0 Å². The van der Waals surface area contributed by atoms with Gasteiger partial charge in [0.15, 0.2) is 17.3 Å². The molecule has 0 fully saturated rings. The molecule has 0 spiro atoms. The van der Waals surface area contributed by atoms with Gasteiger partial charge in [-0.2, -0.15) is 5.10 Å². The molecule has 1 unspecified atom stereocenters. The molecule has 1 atom stereocenters. The summed E-state index contributed by atoms with van der Waals surface area (Å²) in [5, 5.41) is 3.98. The Morgan fingerprint density at radius 2 is 1.83 bits per heavy atom. The van der Waals surface area contributed by atoms with Gasteiger partial charge in [-0.05, 0) is 26.0 Å². The van der Waals surface area contributed by atoms with Crippen molar-refractivity contribution in [3.05, 3.63) is 29.8 Å². The van der Waals surface area contributed by atoms with E-state index in [1.165, 1.54) is 14.2 Å². The first kappa shape index (κ1) is 14.8. The van der Waals surface area contributed by atoms with Gasteiger partial charge in [0.25, 0.3) is 0 Å². The molecule has 100 valence electrons. The molecule has 0 aliphatic heterocycles. The molecule has 6 heteroatoms. The van der Waals surface area contributed by atoms with Gasteiger partial charge < -0.3 is 9.47 Å². The van der Waals surface area contributed by atoms with Gasteiger partial charge in [-0.3, -0.25) is 0 Å². The van der Waals surface area contributed by atoms with E-state index in [1.807, 2.05) is 19.1 Å². The van der Waals surface area contributed by atoms with Crippen molar-refractivity contribution in [2.45, 2.75) is 25.0 Å². The summed E-state index contributed by atoms with van der Waals surface area (Å²) in [7, 11) is 1.65. The lowest BCUT2D eigenvalue weighted by Gasteiger charge is -2.12. The molecule has 0 aliphatic rings. The number of hydrogen-bond acceptors (Lipinski definition) is 4. The van der Waals surface area contributed by atoms with Gasteiger partial charge in [-0.1, -0.05) is 17.7 Å². The third-order valence-electron chi connectivity index (χ3n) is 2.31. The SMILES string of the molecule is COC(OC)/C(C)=N\NS(=O)c1ccc(C)cc1. The monoisotopic (exact) mass is 270 g/mol. The van der Waals surface area contributed by atoms with Crippen LogP contribution in [0.5, 0.6) is 0 Å². The Morgan fingerprint density at radius 3 is 2.33 bits per heavy atom. The minimum Gasteiger partial charge on any atom is -0.351 e. The smallest absolute Gasteiger partial charge is 0.198 e. The number of aryl methyl sites for hydroxylation is 1. The van der Waals surface area contributed by atoms with Crippen LogP contribution >= 0.6 is 0 Å². The van der Waals surface area contributed by atoms with Crippen LogP contribution in [0.4, 0.5) is 0 Å². The predicted octanol–water partition coefficient (Wildman–Crippen LogP) is 1.60. The molecule has 0 saturated heterocycles. The van der Waals surface area contributed by atoms with Crippen molar-refractivity contribution < 1.29 is 13.7 Å². The summed E-state index contributed by atoms with van der Waals surface area (Å²) in [4.78, 5) is 3.24. The van der Waals surface area contributed by atoms with E-state index in [2.05, 4.69) is 9.93 Å². The lowest BCUT2D eigenvalue weighted by molar-refractivity contribution is -0.0524. The van der Waals surface area contributed by atoms with E-state index in [0.29, 0.717) is 10.6 Å². The summed E-state index contributed by atoms with van der Waals surface area (Å²) >= 11 is 0. The number of hydrogen-bond donors (Lipinski definition) is 1. The third kappa shape index (κ3) is 4.21. The quantitative estimate of drug-likeness (QED) is 0.485. The Morgan fingerprint density at radius 1 is 1.28 bits per heavy atom. The first-order chi connectivity index (χ1) is 8.58. The van der Waals surface area contributed by atoms with Crippen molar-refractivity contribution >= 4 is 16.7 Å². The van der Waals surface area contributed by atoms with Crippen molar-refractivity contribution in [1.82, 2.24) is 4.83 Å². The number of nitrogens with zero attached hydrogens (tertiary/aromatic N) is 1. The maximum absolute atomic E-state index is 11.9. The Kier molecular flexibility index (Phi) is 5.97. The van der Waals surface area contributed by atoms with Crippen LogP contribution in [0.2, 0.25) is 0 Å². The van der Waals surface area contributed by atoms with Crippen LogP contribution in [-0.2, 0) is 20.5 Å². The lowest BCUT2D eigenvalue weighted by Crippen LogP contribution is -2.25. The highest BCUT2D eigenvalue weighted by molar-refractivity contribution is 7.83.